The molecule has 1 atom stereocenters. The second-order valence-corrected chi connectivity index (χ2v) is 7.83. The Morgan fingerprint density at radius 2 is 2.13 bits per heavy atom. The van der Waals surface area contributed by atoms with Gasteiger partial charge in [-0.05, 0) is 25.5 Å². The van der Waals surface area contributed by atoms with Crippen molar-refractivity contribution >= 4 is 21.8 Å². The summed E-state index contributed by atoms with van der Waals surface area (Å²) >= 11 is 0. The molecule has 0 saturated heterocycles. The number of fused-ring (bicyclic) bond motifs is 1. The van der Waals surface area contributed by atoms with E-state index in [0.717, 1.165) is 12.8 Å². The topological polar surface area (TPSA) is 78.8 Å². The molecular formula is C16H25N3O3S. The van der Waals surface area contributed by atoms with E-state index in [1.165, 1.54) is 19.3 Å². The van der Waals surface area contributed by atoms with E-state index in [1.807, 2.05) is 6.92 Å². The smallest absolute Gasteiger partial charge is 0.256 e. The fourth-order valence-electron chi connectivity index (χ4n) is 2.59. The molecule has 0 aromatic carbocycles. The van der Waals surface area contributed by atoms with Crippen LogP contribution < -0.4 is 5.32 Å². The molecule has 0 aromatic rings. The minimum Gasteiger partial charge on any atom is -0.350 e. The van der Waals surface area contributed by atoms with Crippen LogP contribution in [0.3, 0.4) is 0 Å². The van der Waals surface area contributed by atoms with Gasteiger partial charge < -0.3 is 10.2 Å². The van der Waals surface area contributed by atoms with Gasteiger partial charge in [0, 0.05) is 18.8 Å². The highest BCUT2D eigenvalue weighted by Crippen LogP contribution is 2.16. The van der Waals surface area contributed by atoms with Gasteiger partial charge in [-0.25, -0.2) is 8.42 Å². The fourth-order valence-corrected chi connectivity index (χ4v) is 3.56. The first-order valence-electron chi connectivity index (χ1n) is 8.21. The summed E-state index contributed by atoms with van der Waals surface area (Å²) in [6.07, 6.45) is 10.6. The Morgan fingerprint density at radius 1 is 1.35 bits per heavy atom. The molecule has 2 aliphatic rings. The Bertz CT molecular complexity index is 635. The molecule has 6 nitrogen and oxygen atoms in total. The van der Waals surface area contributed by atoms with Crippen LogP contribution in [0.5, 0.6) is 0 Å². The van der Waals surface area contributed by atoms with Crippen LogP contribution in [0, 0.1) is 0 Å². The zero-order valence-corrected chi connectivity index (χ0v) is 14.6. The summed E-state index contributed by atoms with van der Waals surface area (Å²) in [5, 5.41) is 3.00. The molecule has 0 aromatic heterocycles. The van der Waals surface area contributed by atoms with Crippen LogP contribution >= 0.6 is 0 Å². The van der Waals surface area contributed by atoms with Gasteiger partial charge in [-0.15, -0.1) is 4.40 Å². The molecular weight excluding hydrogens is 314 g/mol. The Labute approximate surface area is 138 Å². The summed E-state index contributed by atoms with van der Waals surface area (Å²) < 4.78 is 26.6. The fraction of sp³-hybridized carbons (Fsp3) is 0.625. The minimum atomic E-state index is -3.36. The third kappa shape index (κ3) is 5.20. The van der Waals surface area contributed by atoms with Gasteiger partial charge in [-0.1, -0.05) is 32.6 Å². The van der Waals surface area contributed by atoms with Gasteiger partial charge in [0.25, 0.3) is 15.9 Å². The van der Waals surface area contributed by atoms with Crippen molar-refractivity contribution in [2.45, 2.75) is 52.0 Å². The lowest BCUT2D eigenvalue weighted by Crippen LogP contribution is -2.39. The molecule has 1 unspecified atom stereocenters. The molecule has 0 spiro atoms. The standard InChI is InChI=1S/C16H25N3O3S/c1-3-4-5-6-7-13(2)17-16(20)14-8-9-15-18-23(21,22)11-10-19(15)12-14/h8-9,12-13H,3-7,10-11H2,1-2H3,(H,17,20). The minimum absolute atomic E-state index is 0.0242. The van der Waals surface area contributed by atoms with Crippen molar-refractivity contribution in [2.24, 2.45) is 4.40 Å². The quantitative estimate of drug-likeness (QED) is 0.719. The predicted molar refractivity (Wildman–Crippen MR) is 91.5 cm³/mol. The van der Waals surface area contributed by atoms with Gasteiger partial charge in [-0.2, -0.15) is 0 Å². The lowest BCUT2D eigenvalue weighted by molar-refractivity contribution is -0.117. The largest absolute Gasteiger partial charge is 0.350 e. The van der Waals surface area contributed by atoms with Crippen LogP contribution in [-0.4, -0.2) is 43.4 Å². The zero-order valence-electron chi connectivity index (χ0n) is 13.8. The Morgan fingerprint density at radius 3 is 2.87 bits per heavy atom. The third-order valence-corrected chi connectivity index (χ3v) is 5.12. The number of nitrogens with one attached hydrogen (secondary N) is 1. The van der Waals surface area contributed by atoms with Crippen LogP contribution in [0.1, 0.15) is 46.0 Å². The second-order valence-electron chi connectivity index (χ2n) is 6.07. The SMILES string of the molecule is CCCCCCC(C)NC(=O)C1=CN2CCS(=O)(=O)N=C2C=C1. The van der Waals surface area contributed by atoms with Crippen molar-refractivity contribution in [3.05, 3.63) is 23.9 Å². The molecule has 23 heavy (non-hydrogen) atoms. The highest BCUT2D eigenvalue weighted by molar-refractivity contribution is 7.90. The average molecular weight is 339 g/mol. The molecule has 1 N–H and O–H groups in total. The van der Waals surface area contributed by atoms with Crippen LogP contribution in [0.2, 0.25) is 0 Å². The van der Waals surface area contributed by atoms with Crippen molar-refractivity contribution in [2.75, 3.05) is 12.3 Å². The highest BCUT2D eigenvalue weighted by atomic mass is 32.2. The van der Waals surface area contributed by atoms with E-state index in [1.54, 1.807) is 23.3 Å². The van der Waals surface area contributed by atoms with Crippen LogP contribution in [0.4, 0.5) is 0 Å². The van der Waals surface area contributed by atoms with E-state index in [4.69, 9.17) is 0 Å². The van der Waals surface area contributed by atoms with Crippen molar-refractivity contribution in [3.63, 3.8) is 0 Å². The molecule has 2 rings (SSSR count). The molecule has 2 heterocycles. The molecule has 0 fully saturated rings. The molecule has 1 amide bonds. The number of amidine groups is 1. The number of amides is 1. The van der Waals surface area contributed by atoms with Crippen LogP contribution in [0.15, 0.2) is 28.3 Å². The Balaban J connectivity index is 1.89. The van der Waals surface area contributed by atoms with Crippen LogP contribution in [-0.2, 0) is 14.8 Å². The maximum Gasteiger partial charge on any atom is 0.256 e. The lowest BCUT2D eigenvalue weighted by Gasteiger charge is -2.27. The number of hydrogen-bond donors (Lipinski definition) is 1. The molecule has 7 heteroatoms. The average Bonchev–Trinajstić information content (AvgIpc) is 2.50. The van der Waals surface area contributed by atoms with Crippen molar-refractivity contribution in [1.82, 2.24) is 10.2 Å². The van der Waals surface area contributed by atoms with Gasteiger partial charge >= 0.3 is 0 Å². The molecule has 0 radical (unpaired) electrons. The number of carbonyl (C=O) groups is 1. The molecule has 0 aliphatic carbocycles. The van der Waals surface area contributed by atoms with Gasteiger partial charge in [0.15, 0.2) is 0 Å². The van der Waals surface area contributed by atoms with Gasteiger partial charge in [0.05, 0.1) is 11.3 Å². The van der Waals surface area contributed by atoms with E-state index in [-0.39, 0.29) is 17.7 Å². The van der Waals surface area contributed by atoms with E-state index < -0.39 is 10.0 Å². The maximum absolute atomic E-state index is 12.3. The number of hydrogen-bond acceptors (Lipinski definition) is 4. The van der Waals surface area contributed by atoms with Crippen LogP contribution in [0.25, 0.3) is 0 Å². The number of unbranched alkanes of at least 4 members (excludes halogenated alkanes) is 3. The van der Waals surface area contributed by atoms with E-state index in [9.17, 15) is 13.2 Å². The predicted octanol–water partition coefficient (Wildman–Crippen LogP) is 1.96. The van der Waals surface area contributed by atoms with E-state index >= 15 is 0 Å². The van der Waals surface area contributed by atoms with E-state index in [2.05, 4.69) is 16.6 Å². The molecule has 2 aliphatic heterocycles. The summed E-state index contributed by atoms with van der Waals surface area (Å²) in [7, 11) is -3.36. The van der Waals surface area contributed by atoms with Gasteiger partial charge in [0.1, 0.15) is 5.84 Å². The van der Waals surface area contributed by atoms with Gasteiger partial charge in [-0.3, -0.25) is 4.79 Å². The van der Waals surface area contributed by atoms with Crippen molar-refractivity contribution < 1.29 is 13.2 Å². The lowest BCUT2D eigenvalue weighted by atomic mass is 10.1. The molecule has 0 saturated carbocycles. The number of sulfonamides is 1. The number of carbonyl (C=O) groups excluding carboxylic acids is 1. The molecule has 128 valence electrons. The zero-order chi connectivity index (χ0) is 16.9. The Hall–Kier alpha value is -1.63. The van der Waals surface area contributed by atoms with Crippen molar-refractivity contribution in [1.29, 1.82) is 0 Å². The first kappa shape index (κ1) is 17.7. The normalized spacial score (nSPS) is 20.3. The summed E-state index contributed by atoms with van der Waals surface area (Å²) in [5.74, 6) is 0.223. The summed E-state index contributed by atoms with van der Waals surface area (Å²) in [6, 6.07) is 0.130. The summed E-state index contributed by atoms with van der Waals surface area (Å²) in [6.45, 7) is 4.52. The monoisotopic (exact) mass is 339 g/mol. The first-order chi connectivity index (χ1) is 10.9. The number of rotatable bonds is 7. The third-order valence-electron chi connectivity index (χ3n) is 3.95. The van der Waals surface area contributed by atoms with Crippen molar-refractivity contribution in [3.8, 4) is 0 Å². The molecule has 0 bridgehead atoms. The summed E-state index contributed by atoms with van der Waals surface area (Å²) in [4.78, 5) is 14.0. The Kier molecular flexibility index (Phi) is 5.98. The summed E-state index contributed by atoms with van der Waals surface area (Å²) in [5.41, 5.74) is 0.531. The second kappa shape index (κ2) is 7.77. The highest BCUT2D eigenvalue weighted by Gasteiger charge is 2.25. The number of nitrogens with zero attached hydrogens (tertiary/aromatic N) is 2. The maximum atomic E-state index is 12.3. The van der Waals surface area contributed by atoms with E-state index in [0.29, 0.717) is 18.0 Å². The van der Waals surface area contributed by atoms with Gasteiger partial charge in [0.2, 0.25) is 0 Å². The first-order valence-corrected chi connectivity index (χ1v) is 9.82.